The van der Waals surface area contributed by atoms with Crippen LogP contribution in [0.25, 0.3) is 11.2 Å². The molecule has 1 N–H and O–H groups in total. The Morgan fingerprint density at radius 2 is 2.27 bits per heavy atom. The summed E-state index contributed by atoms with van der Waals surface area (Å²) in [6.45, 7) is 0.821. The van der Waals surface area contributed by atoms with Crippen LogP contribution in [0.4, 0.5) is 0 Å². The van der Waals surface area contributed by atoms with Gasteiger partial charge in [-0.2, -0.15) is 9.71 Å². The molecule has 2 heterocycles. The molecule has 7 heteroatoms. The molecule has 0 radical (unpaired) electrons. The maximum atomic E-state index is 9.29. The molecule has 0 aliphatic carbocycles. The van der Waals surface area contributed by atoms with Gasteiger partial charge in [0.2, 0.25) is 5.65 Å². The molecule has 0 atom stereocenters. The Hall–Kier alpha value is -1.89. The molecule has 0 spiro atoms. The monoisotopic (exact) mass is 210 g/mol. The quantitative estimate of drug-likeness (QED) is 0.568. The molecule has 2 aromatic rings. The summed E-state index contributed by atoms with van der Waals surface area (Å²) < 4.78 is 10.8. The SMILES string of the molecule is COCCOc1ncc2ncn(O)c2n1. The Balaban J connectivity index is 2.18. The van der Waals surface area contributed by atoms with Crippen LogP contribution in [0.15, 0.2) is 12.5 Å². The fourth-order valence-corrected chi connectivity index (χ4v) is 1.07. The highest BCUT2D eigenvalue weighted by atomic mass is 16.5. The van der Waals surface area contributed by atoms with Crippen molar-refractivity contribution in [1.82, 2.24) is 19.7 Å². The lowest BCUT2D eigenvalue weighted by Crippen LogP contribution is -2.07. The standard InChI is InChI=1S/C8H10N4O3/c1-14-2-3-15-8-9-4-6-7(11-8)12(13)5-10-6/h4-5,13H,2-3H2,1H3. The number of methoxy groups -OCH3 is 1. The van der Waals surface area contributed by atoms with Gasteiger partial charge in [0.05, 0.1) is 12.8 Å². The molecule has 0 aliphatic heterocycles. The van der Waals surface area contributed by atoms with E-state index in [2.05, 4.69) is 15.0 Å². The largest absolute Gasteiger partial charge is 0.461 e. The topological polar surface area (TPSA) is 82.3 Å². The maximum Gasteiger partial charge on any atom is 0.318 e. The van der Waals surface area contributed by atoms with Crippen molar-refractivity contribution >= 4 is 11.2 Å². The average Bonchev–Trinajstić information content (AvgIpc) is 2.61. The maximum absolute atomic E-state index is 9.29. The zero-order valence-corrected chi connectivity index (χ0v) is 8.12. The number of hydrogen-bond donors (Lipinski definition) is 1. The summed E-state index contributed by atoms with van der Waals surface area (Å²) >= 11 is 0. The first-order valence-corrected chi connectivity index (χ1v) is 4.32. The van der Waals surface area contributed by atoms with E-state index in [9.17, 15) is 5.21 Å². The van der Waals surface area contributed by atoms with Crippen molar-refractivity contribution in [3.63, 3.8) is 0 Å². The molecule has 2 rings (SSSR count). The Morgan fingerprint density at radius 1 is 1.40 bits per heavy atom. The van der Waals surface area contributed by atoms with E-state index in [1.807, 2.05) is 0 Å². The van der Waals surface area contributed by atoms with Gasteiger partial charge in [0, 0.05) is 7.11 Å². The zero-order valence-electron chi connectivity index (χ0n) is 8.12. The molecule has 0 aliphatic rings. The summed E-state index contributed by atoms with van der Waals surface area (Å²) in [5.74, 6) is 0. The predicted octanol–water partition coefficient (Wildman–Crippen LogP) is 0.0888. The van der Waals surface area contributed by atoms with Crippen LogP contribution in [-0.2, 0) is 4.74 Å². The van der Waals surface area contributed by atoms with Crippen LogP contribution in [0.5, 0.6) is 6.01 Å². The number of fused-ring (bicyclic) bond motifs is 1. The molecule has 7 nitrogen and oxygen atoms in total. The van der Waals surface area contributed by atoms with Gasteiger partial charge in [0.1, 0.15) is 18.5 Å². The Bertz CT molecular complexity index is 456. The molecule has 0 bridgehead atoms. The van der Waals surface area contributed by atoms with Crippen molar-refractivity contribution in [2.24, 2.45) is 0 Å². The lowest BCUT2D eigenvalue weighted by Gasteiger charge is -2.02. The van der Waals surface area contributed by atoms with Gasteiger partial charge in [-0.25, -0.2) is 9.97 Å². The van der Waals surface area contributed by atoms with E-state index in [0.717, 1.165) is 4.73 Å². The Labute approximate surface area is 85.3 Å². The molecular formula is C8H10N4O3. The van der Waals surface area contributed by atoms with E-state index in [0.29, 0.717) is 24.4 Å². The minimum Gasteiger partial charge on any atom is -0.461 e. The molecule has 0 saturated heterocycles. The predicted molar refractivity (Wildman–Crippen MR) is 49.9 cm³/mol. The second kappa shape index (κ2) is 4.09. The molecule has 0 amide bonds. The molecular weight excluding hydrogens is 200 g/mol. The highest BCUT2D eigenvalue weighted by Crippen LogP contribution is 2.10. The van der Waals surface area contributed by atoms with Crippen LogP contribution in [-0.4, -0.2) is 45.2 Å². The first-order valence-electron chi connectivity index (χ1n) is 4.32. The van der Waals surface area contributed by atoms with Crippen molar-refractivity contribution in [3.05, 3.63) is 12.5 Å². The molecule has 0 aromatic carbocycles. The molecule has 0 saturated carbocycles. The number of imidazole rings is 1. The van der Waals surface area contributed by atoms with Crippen molar-refractivity contribution in [2.45, 2.75) is 0 Å². The van der Waals surface area contributed by atoms with Crippen LogP contribution < -0.4 is 4.74 Å². The van der Waals surface area contributed by atoms with Gasteiger partial charge in [0.15, 0.2) is 0 Å². The van der Waals surface area contributed by atoms with Crippen LogP contribution in [0.2, 0.25) is 0 Å². The summed E-state index contributed by atoms with van der Waals surface area (Å²) in [5.41, 5.74) is 0.828. The van der Waals surface area contributed by atoms with Gasteiger partial charge in [-0.15, -0.1) is 0 Å². The van der Waals surface area contributed by atoms with Gasteiger partial charge in [0.25, 0.3) is 0 Å². The zero-order chi connectivity index (χ0) is 10.7. The van der Waals surface area contributed by atoms with Gasteiger partial charge in [-0.3, -0.25) is 0 Å². The third-order valence-electron chi connectivity index (χ3n) is 1.77. The number of aromatic nitrogens is 4. The van der Waals surface area contributed by atoms with E-state index in [-0.39, 0.29) is 6.01 Å². The van der Waals surface area contributed by atoms with Gasteiger partial charge >= 0.3 is 6.01 Å². The van der Waals surface area contributed by atoms with Crippen LogP contribution in [0.3, 0.4) is 0 Å². The number of hydrogen-bond acceptors (Lipinski definition) is 6. The summed E-state index contributed by atoms with van der Waals surface area (Å²) in [6, 6.07) is 0.190. The molecule has 0 fully saturated rings. The third kappa shape index (κ3) is 1.96. The lowest BCUT2D eigenvalue weighted by atomic mass is 10.6. The summed E-state index contributed by atoms with van der Waals surface area (Å²) in [4.78, 5) is 11.7. The van der Waals surface area contributed by atoms with E-state index in [1.165, 1.54) is 12.5 Å². The van der Waals surface area contributed by atoms with Crippen LogP contribution >= 0.6 is 0 Å². The first-order chi connectivity index (χ1) is 7.31. The van der Waals surface area contributed by atoms with Crippen molar-refractivity contribution in [3.8, 4) is 6.01 Å². The molecule has 80 valence electrons. The summed E-state index contributed by atoms with van der Waals surface area (Å²) in [5, 5.41) is 9.29. The summed E-state index contributed by atoms with van der Waals surface area (Å²) in [6.07, 6.45) is 2.73. The smallest absolute Gasteiger partial charge is 0.318 e. The van der Waals surface area contributed by atoms with Crippen LogP contribution in [0, 0.1) is 0 Å². The van der Waals surface area contributed by atoms with E-state index >= 15 is 0 Å². The lowest BCUT2D eigenvalue weighted by molar-refractivity contribution is 0.140. The van der Waals surface area contributed by atoms with Crippen molar-refractivity contribution < 1.29 is 14.7 Å². The highest BCUT2D eigenvalue weighted by molar-refractivity contribution is 5.69. The highest BCUT2D eigenvalue weighted by Gasteiger charge is 2.06. The van der Waals surface area contributed by atoms with Gasteiger partial charge < -0.3 is 14.7 Å². The number of nitrogens with zero attached hydrogens (tertiary/aromatic N) is 4. The van der Waals surface area contributed by atoms with E-state index in [4.69, 9.17) is 9.47 Å². The minimum atomic E-state index is 0.190. The second-order valence-corrected chi connectivity index (χ2v) is 2.79. The summed E-state index contributed by atoms with van der Waals surface area (Å²) in [7, 11) is 1.58. The second-order valence-electron chi connectivity index (χ2n) is 2.79. The van der Waals surface area contributed by atoms with Gasteiger partial charge in [-0.05, 0) is 0 Å². The van der Waals surface area contributed by atoms with E-state index < -0.39 is 0 Å². The first kappa shape index (κ1) is 9.66. The normalized spacial score (nSPS) is 10.7. The Kier molecular flexibility index (Phi) is 2.64. The van der Waals surface area contributed by atoms with Crippen molar-refractivity contribution in [1.29, 1.82) is 0 Å². The third-order valence-corrected chi connectivity index (χ3v) is 1.77. The fraction of sp³-hybridized carbons (Fsp3) is 0.375. The molecule has 0 unspecified atom stereocenters. The number of rotatable bonds is 4. The fourth-order valence-electron chi connectivity index (χ4n) is 1.07. The Morgan fingerprint density at radius 3 is 3.07 bits per heavy atom. The van der Waals surface area contributed by atoms with Crippen molar-refractivity contribution in [2.75, 3.05) is 20.3 Å². The average molecular weight is 210 g/mol. The number of ether oxygens (including phenoxy) is 2. The van der Waals surface area contributed by atoms with E-state index in [1.54, 1.807) is 7.11 Å². The molecule has 2 aromatic heterocycles. The van der Waals surface area contributed by atoms with Crippen LogP contribution in [0.1, 0.15) is 0 Å². The minimum absolute atomic E-state index is 0.190. The van der Waals surface area contributed by atoms with Gasteiger partial charge in [-0.1, -0.05) is 0 Å². The molecule has 15 heavy (non-hydrogen) atoms.